The summed E-state index contributed by atoms with van der Waals surface area (Å²) in [5, 5.41) is 10.8. The minimum absolute atomic E-state index is 0.0295. The van der Waals surface area contributed by atoms with Gasteiger partial charge in [0.1, 0.15) is 0 Å². The van der Waals surface area contributed by atoms with E-state index in [4.69, 9.17) is 0 Å². The Morgan fingerprint density at radius 1 is 1.33 bits per heavy atom. The number of rotatable bonds is 2. The fourth-order valence-electron chi connectivity index (χ4n) is 1.62. The van der Waals surface area contributed by atoms with Crippen LogP contribution in [0.3, 0.4) is 0 Å². The largest absolute Gasteiger partial charge is 0.348 e. The van der Waals surface area contributed by atoms with Gasteiger partial charge in [-0.15, -0.1) is 0 Å². The Labute approximate surface area is 107 Å². The molecule has 1 amide bonds. The Hall–Kier alpha value is -1.84. The third kappa shape index (κ3) is 2.37. The molecule has 18 heavy (non-hydrogen) atoms. The van der Waals surface area contributed by atoms with Gasteiger partial charge in [0.05, 0.1) is 5.52 Å². The molecule has 2 N–H and O–H groups in total. The van der Waals surface area contributed by atoms with E-state index in [1.54, 1.807) is 0 Å². The number of nitrogens with one attached hydrogen (secondary N) is 2. The number of para-hydroxylation sites is 1. The van der Waals surface area contributed by atoms with Crippen LogP contribution >= 0.6 is 0 Å². The fourth-order valence-corrected chi connectivity index (χ4v) is 1.62. The van der Waals surface area contributed by atoms with E-state index in [9.17, 15) is 4.79 Å². The van der Waals surface area contributed by atoms with Crippen LogP contribution in [0.5, 0.6) is 0 Å². The number of fused-ring (bicyclic) bond motifs is 1. The predicted octanol–water partition coefficient (Wildman–Crippen LogP) is 2.73. The molecule has 4 heteroatoms. The van der Waals surface area contributed by atoms with Gasteiger partial charge in [0, 0.05) is 11.4 Å². The van der Waals surface area contributed by atoms with Crippen LogP contribution in [0, 0.1) is 5.41 Å². The van der Waals surface area contributed by atoms with Gasteiger partial charge in [-0.1, -0.05) is 39.0 Å². The van der Waals surface area contributed by atoms with Gasteiger partial charge in [-0.25, -0.2) is 0 Å². The van der Waals surface area contributed by atoms with Crippen LogP contribution in [-0.2, 0) is 0 Å². The second kappa shape index (κ2) is 4.44. The summed E-state index contributed by atoms with van der Waals surface area (Å²) in [6, 6.07) is 7.71. The minimum atomic E-state index is -0.130. The molecule has 0 fully saturated rings. The molecule has 0 aliphatic carbocycles. The highest BCUT2D eigenvalue weighted by Gasteiger charge is 2.23. The zero-order valence-electron chi connectivity index (χ0n) is 11.2. The van der Waals surface area contributed by atoms with E-state index in [0.29, 0.717) is 5.69 Å². The lowest BCUT2D eigenvalue weighted by atomic mass is 9.88. The zero-order valence-corrected chi connectivity index (χ0v) is 11.2. The highest BCUT2D eigenvalue weighted by Crippen LogP contribution is 2.20. The van der Waals surface area contributed by atoms with Crippen molar-refractivity contribution in [1.82, 2.24) is 15.5 Å². The van der Waals surface area contributed by atoms with Gasteiger partial charge in [-0.2, -0.15) is 5.10 Å². The number of carbonyl (C=O) groups excluding carboxylic acids is 1. The lowest BCUT2D eigenvalue weighted by Gasteiger charge is -2.27. The molecule has 1 heterocycles. The Morgan fingerprint density at radius 3 is 2.67 bits per heavy atom. The Kier molecular flexibility index (Phi) is 3.11. The predicted molar refractivity (Wildman–Crippen MR) is 72.5 cm³/mol. The summed E-state index contributed by atoms with van der Waals surface area (Å²) in [6.07, 6.45) is 0. The van der Waals surface area contributed by atoms with Crippen molar-refractivity contribution in [2.75, 3.05) is 0 Å². The average Bonchev–Trinajstić information content (AvgIpc) is 2.71. The molecule has 0 aliphatic heterocycles. The van der Waals surface area contributed by atoms with Crippen LogP contribution in [-0.4, -0.2) is 22.1 Å². The standard InChI is InChI=1S/C14H19N3O/c1-9(14(2,3)4)15-13(18)12-10-7-5-6-8-11(10)16-17-12/h5-9H,1-4H3,(H,15,18)(H,16,17). The number of aromatic nitrogens is 2. The molecule has 0 saturated heterocycles. The van der Waals surface area contributed by atoms with E-state index >= 15 is 0 Å². The normalized spacial score (nSPS) is 13.6. The van der Waals surface area contributed by atoms with Crippen LogP contribution in [0.25, 0.3) is 10.9 Å². The second-order valence-electron chi connectivity index (χ2n) is 5.68. The zero-order chi connectivity index (χ0) is 13.3. The first-order chi connectivity index (χ1) is 8.39. The summed E-state index contributed by atoms with van der Waals surface area (Å²) in [6.45, 7) is 8.30. The van der Waals surface area contributed by atoms with Crippen LogP contribution in [0.15, 0.2) is 24.3 Å². The molecule has 1 aromatic carbocycles. The van der Waals surface area contributed by atoms with Crippen molar-refractivity contribution in [1.29, 1.82) is 0 Å². The monoisotopic (exact) mass is 245 g/mol. The summed E-state index contributed by atoms with van der Waals surface area (Å²) in [7, 11) is 0. The van der Waals surface area contributed by atoms with Crippen LogP contribution in [0.2, 0.25) is 0 Å². The van der Waals surface area contributed by atoms with Gasteiger partial charge in [-0.05, 0) is 18.4 Å². The van der Waals surface area contributed by atoms with E-state index in [1.165, 1.54) is 0 Å². The number of nitrogens with zero attached hydrogens (tertiary/aromatic N) is 1. The van der Waals surface area contributed by atoms with Crippen molar-refractivity contribution in [3.05, 3.63) is 30.0 Å². The van der Waals surface area contributed by atoms with E-state index in [0.717, 1.165) is 10.9 Å². The number of carbonyl (C=O) groups is 1. The molecule has 0 bridgehead atoms. The third-order valence-corrected chi connectivity index (χ3v) is 3.33. The van der Waals surface area contributed by atoms with Crippen molar-refractivity contribution in [2.45, 2.75) is 33.7 Å². The first kappa shape index (κ1) is 12.6. The molecule has 2 rings (SSSR count). The molecule has 0 saturated carbocycles. The number of hydrogen-bond donors (Lipinski definition) is 2. The van der Waals surface area contributed by atoms with E-state index in [2.05, 4.69) is 36.3 Å². The van der Waals surface area contributed by atoms with Crippen molar-refractivity contribution < 1.29 is 4.79 Å². The summed E-state index contributed by atoms with van der Waals surface area (Å²) in [5.41, 5.74) is 1.37. The van der Waals surface area contributed by atoms with E-state index in [-0.39, 0.29) is 17.4 Å². The van der Waals surface area contributed by atoms with Crippen LogP contribution < -0.4 is 5.32 Å². The maximum absolute atomic E-state index is 12.2. The lowest BCUT2D eigenvalue weighted by molar-refractivity contribution is 0.0906. The Balaban J connectivity index is 2.24. The fraction of sp³-hybridized carbons (Fsp3) is 0.429. The maximum Gasteiger partial charge on any atom is 0.272 e. The highest BCUT2D eigenvalue weighted by molar-refractivity contribution is 6.04. The van der Waals surface area contributed by atoms with Gasteiger partial charge >= 0.3 is 0 Å². The maximum atomic E-state index is 12.2. The molecule has 0 spiro atoms. The first-order valence-electron chi connectivity index (χ1n) is 6.13. The molecule has 0 aliphatic rings. The summed E-state index contributed by atoms with van der Waals surface area (Å²) < 4.78 is 0. The van der Waals surface area contributed by atoms with Gasteiger partial charge in [0.15, 0.2) is 5.69 Å². The molecule has 4 nitrogen and oxygen atoms in total. The molecule has 0 radical (unpaired) electrons. The molecule has 1 atom stereocenters. The van der Waals surface area contributed by atoms with Gasteiger partial charge in [0.2, 0.25) is 0 Å². The van der Waals surface area contributed by atoms with E-state index < -0.39 is 0 Å². The number of H-pyrrole nitrogens is 1. The van der Waals surface area contributed by atoms with Crippen molar-refractivity contribution >= 4 is 16.8 Å². The number of hydrogen-bond acceptors (Lipinski definition) is 2. The lowest BCUT2D eigenvalue weighted by Crippen LogP contribution is -2.41. The van der Waals surface area contributed by atoms with Gasteiger partial charge < -0.3 is 5.32 Å². The highest BCUT2D eigenvalue weighted by atomic mass is 16.2. The van der Waals surface area contributed by atoms with E-state index in [1.807, 2.05) is 31.2 Å². The molecule has 1 unspecified atom stereocenters. The van der Waals surface area contributed by atoms with Gasteiger partial charge in [-0.3, -0.25) is 9.89 Å². The van der Waals surface area contributed by atoms with Gasteiger partial charge in [0.25, 0.3) is 5.91 Å². The number of amides is 1. The minimum Gasteiger partial charge on any atom is -0.348 e. The topological polar surface area (TPSA) is 57.8 Å². The second-order valence-corrected chi connectivity index (χ2v) is 5.68. The average molecular weight is 245 g/mol. The molecule has 96 valence electrons. The summed E-state index contributed by atoms with van der Waals surface area (Å²) in [5.74, 6) is -0.130. The number of aromatic amines is 1. The van der Waals surface area contributed by atoms with Crippen molar-refractivity contribution in [2.24, 2.45) is 5.41 Å². The molecule has 1 aromatic heterocycles. The Morgan fingerprint density at radius 2 is 2.00 bits per heavy atom. The molecule has 2 aromatic rings. The molecular formula is C14H19N3O. The third-order valence-electron chi connectivity index (χ3n) is 3.33. The SMILES string of the molecule is CC(NC(=O)c1n[nH]c2ccccc12)C(C)(C)C. The Bertz CT molecular complexity index is 566. The summed E-state index contributed by atoms with van der Waals surface area (Å²) >= 11 is 0. The smallest absolute Gasteiger partial charge is 0.272 e. The quantitative estimate of drug-likeness (QED) is 0.854. The van der Waals surface area contributed by atoms with Crippen LogP contribution in [0.4, 0.5) is 0 Å². The van der Waals surface area contributed by atoms with Crippen molar-refractivity contribution in [3.8, 4) is 0 Å². The molecular weight excluding hydrogens is 226 g/mol. The van der Waals surface area contributed by atoms with Crippen molar-refractivity contribution in [3.63, 3.8) is 0 Å². The summed E-state index contributed by atoms with van der Waals surface area (Å²) in [4.78, 5) is 12.2. The van der Waals surface area contributed by atoms with Crippen LogP contribution in [0.1, 0.15) is 38.2 Å². The first-order valence-corrected chi connectivity index (χ1v) is 6.13. The number of benzene rings is 1.